The van der Waals surface area contributed by atoms with E-state index in [9.17, 15) is 8.42 Å². The molecule has 114 valence electrons. The molecule has 0 unspecified atom stereocenters. The minimum absolute atomic E-state index is 0.154. The molecule has 0 aliphatic rings. The number of sulfonamides is 1. The lowest BCUT2D eigenvalue weighted by Crippen LogP contribution is -2.26. The maximum absolute atomic E-state index is 12.2. The van der Waals surface area contributed by atoms with Crippen molar-refractivity contribution in [2.45, 2.75) is 17.9 Å². The number of nitrogens with two attached hydrogens (primary N) is 1. The van der Waals surface area contributed by atoms with E-state index in [2.05, 4.69) is 19.9 Å². The fourth-order valence-corrected chi connectivity index (χ4v) is 2.90. The monoisotopic (exact) mass is 311 g/mol. The topological polar surface area (TPSA) is 123 Å². The van der Waals surface area contributed by atoms with Gasteiger partial charge in [0.1, 0.15) is 17.9 Å². The molecule has 0 radical (unpaired) electrons. The molecule has 1 aromatic carbocycles. The summed E-state index contributed by atoms with van der Waals surface area (Å²) in [6.45, 7) is 0.423. The summed E-state index contributed by atoms with van der Waals surface area (Å²) in [5, 5.41) is 6.36. The average molecular weight is 311 g/mol. The lowest BCUT2D eigenvalue weighted by molar-refractivity contribution is 0.409. The maximum atomic E-state index is 12.2. The maximum Gasteiger partial charge on any atom is 0.240 e. The zero-order chi connectivity index (χ0) is 15.3. The van der Waals surface area contributed by atoms with Gasteiger partial charge in [-0.25, -0.2) is 18.1 Å². The van der Waals surface area contributed by atoms with E-state index < -0.39 is 10.0 Å². The van der Waals surface area contributed by atoms with Crippen LogP contribution in [0, 0.1) is 0 Å². The minimum Gasteiger partial charge on any atom is -0.496 e. The van der Waals surface area contributed by atoms with E-state index in [-0.39, 0.29) is 18.0 Å². The van der Waals surface area contributed by atoms with Gasteiger partial charge in [-0.15, -0.1) is 0 Å². The number of hydrogen-bond acceptors (Lipinski definition) is 6. The molecule has 0 atom stereocenters. The SMILES string of the molecule is COc1ccc(S(=O)(=O)NCCc2ncn[nH]2)cc1CN. The molecule has 2 aromatic rings. The van der Waals surface area contributed by atoms with Gasteiger partial charge in [-0.05, 0) is 18.2 Å². The Labute approximate surface area is 122 Å². The summed E-state index contributed by atoms with van der Waals surface area (Å²) >= 11 is 0. The van der Waals surface area contributed by atoms with Crippen molar-refractivity contribution >= 4 is 10.0 Å². The lowest BCUT2D eigenvalue weighted by Gasteiger charge is -2.10. The number of nitrogens with zero attached hydrogens (tertiary/aromatic N) is 2. The highest BCUT2D eigenvalue weighted by Gasteiger charge is 2.15. The van der Waals surface area contributed by atoms with Crippen LogP contribution in [0.5, 0.6) is 5.75 Å². The van der Waals surface area contributed by atoms with Crippen molar-refractivity contribution in [3.8, 4) is 5.75 Å². The van der Waals surface area contributed by atoms with Crippen LogP contribution in [-0.4, -0.2) is 37.3 Å². The average Bonchev–Trinajstić information content (AvgIpc) is 2.99. The number of methoxy groups -OCH3 is 1. The summed E-state index contributed by atoms with van der Waals surface area (Å²) in [4.78, 5) is 4.08. The highest BCUT2D eigenvalue weighted by atomic mass is 32.2. The van der Waals surface area contributed by atoms with Crippen LogP contribution in [0.2, 0.25) is 0 Å². The highest BCUT2D eigenvalue weighted by Crippen LogP contribution is 2.21. The summed E-state index contributed by atoms with van der Waals surface area (Å²) in [6, 6.07) is 4.58. The van der Waals surface area contributed by atoms with Gasteiger partial charge >= 0.3 is 0 Å². The van der Waals surface area contributed by atoms with Gasteiger partial charge in [0, 0.05) is 25.1 Å². The fraction of sp³-hybridized carbons (Fsp3) is 0.333. The standard InChI is InChI=1S/C12H17N5O3S/c1-20-11-3-2-10(6-9(11)7-13)21(18,19)16-5-4-12-14-8-15-17-12/h2-3,6,8,16H,4-5,7,13H2,1H3,(H,14,15,17). The Hall–Kier alpha value is -1.97. The third-order valence-electron chi connectivity index (χ3n) is 2.90. The number of hydrogen-bond donors (Lipinski definition) is 3. The molecule has 2 rings (SSSR count). The Morgan fingerprint density at radius 1 is 1.43 bits per heavy atom. The molecule has 21 heavy (non-hydrogen) atoms. The number of aromatic amines is 1. The van der Waals surface area contributed by atoms with Crippen molar-refractivity contribution in [3.05, 3.63) is 35.9 Å². The third-order valence-corrected chi connectivity index (χ3v) is 4.36. The first kappa shape index (κ1) is 15.4. The molecular weight excluding hydrogens is 294 g/mol. The Morgan fingerprint density at radius 3 is 2.86 bits per heavy atom. The van der Waals surface area contributed by atoms with Crippen molar-refractivity contribution in [2.24, 2.45) is 5.73 Å². The Morgan fingerprint density at radius 2 is 2.24 bits per heavy atom. The predicted octanol–water partition coefficient (Wildman–Crippen LogP) is -0.207. The molecule has 0 fully saturated rings. The number of benzene rings is 1. The molecule has 1 heterocycles. The van der Waals surface area contributed by atoms with E-state index in [0.717, 1.165) is 0 Å². The molecule has 0 amide bonds. The van der Waals surface area contributed by atoms with Crippen LogP contribution >= 0.6 is 0 Å². The normalized spacial score (nSPS) is 11.5. The molecule has 4 N–H and O–H groups in total. The van der Waals surface area contributed by atoms with E-state index >= 15 is 0 Å². The van der Waals surface area contributed by atoms with Crippen LogP contribution in [0.1, 0.15) is 11.4 Å². The van der Waals surface area contributed by atoms with Crippen LogP contribution in [-0.2, 0) is 23.0 Å². The zero-order valence-electron chi connectivity index (χ0n) is 11.5. The predicted molar refractivity (Wildman–Crippen MR) is 76.2 cm³/mol. The number of aromatic nitrogens is 3. The van der Waals surface area contributed by atoms with Gasteiger partial charge in [0.25, 0.3) is 0 Å². The Kier molecular flexibility index (Phi) is 4.89. The first-order chi connectivity index (χ1) is 10.1. The highest BCUT2D eigenvalue weighted by molar-refractivity contribution is 7.89. The van der Waals surface area contributed by atoms with Crippen LogP contribution in [0.25, 0.3) is 0 Å². The van der Waals surface area contributed by atoms with Crippen molar-refractivity contribution in [1.82, 2.24) is 19.9 Å². The molecule has 0 bridgehead atoms. The van der Waals surface area contributed by atoms with Gasteiger partial charge in [0.15, 0.2) is 0 Å². The number of H-pyrrole nitrogens is 1. The van der Waals surface area contributed by atoms with Crippen molar-refractivity contribution in [1.29, 1.82) is 0 Å². The number of ether oxygens (including phenoxy) is 1. The van der Waals surface area contributed by atoms with E-state index in [4.69, 9.17) is 10.5 Å². The molecule has 0 spiro atoms. The number of nitrogens with one attached hydrogen (secondary N) is 2. The zero-order valence-corrected chi connectivity index (χ0v) is 12.4. The smallest absolute Gasteiger partial charge is 0.240 e. The molecule has 0 aliphatic carbocycles. The van der Waals surface area contributed by atoms with E-state index in [1.165, 1.54) is 25.6 Å². The molecule has 1 aromatic heterocycles. The first-order valence-corrected chi connectivity index (χ1v) is 7.76. The molecule has 0 saturated heterocycles. The summed E-state index contributed by atoms with van der Waals surface area (Å²) < 4.78 is 32.0. The van der Waals surface area contributed by atoms with Gasteiger partial charge in [-0.3, -0.25) is 5.10 Å². The van der Waals surface area contributed by atoms with Crippen LogP contribution in [0.3, 0.4) is 0 Å². The van der Waals surface area contributed by atoms with Crippen molar-refractivity contribution in [2.75, 3.05) is 13.7 Å². The van der Waals surface area contributed by atoms with Crippen molar-refractivity contribution in [3.63, 3.8) is 0 Å². The van der Waals surface area contributed by atoms with Gasteiger partial charge < -0.3 is 10.5 Å². The van der Waals surface area contributed by atoms with Gasteiger partial charge in [0.05, 0.1) is 12.0 Å². The van der Waals surface area contributed by atoms with Gasteiger partial charge in [0.2, 0.25) is 10.0 Å². The molecule has 0 aliphatic heterocycles. The Balaban J connectivity index is 2.08. The quantitative estimate of drug-likeness (QED) is 0.650. The summed E-state index contributed by atoms with van der Waals surface area (Å²) in [7, 11) is -2.08. The second-order valence-electron chi connectivity index (χ2n) is 4.26. The summed E-state index contributed by atoms with van der Waals surface area (Å²) in [6.07, 6.45) is 1.81. The molecular formula is C12H17N5O3S. The summed E-state index contributed by atoms with van der Waals surface area (Å²) in [5.41, 5.74) is 6.22. The first-order valence-electron chi connectivity index (χ1n) is 6.27. The van der Waals surface area contributed by atoms with Gasteiger partial charge in [-0.1, -0.05) is 0 Å². The third kappa shape index (κ3) is 3.78. The second kappa shape index (κ2) is 6.66. The van der Waals surface area contributed by atoms with E-state index in [0.29, 0.717) is 23.6 Å². The number of rotatable bonds is 7. The van der Waals surface area contributed by atoms with Crippen molar-refractivity contribution < 1.29 is 13.2 Å². The Bertz CT molecular complexity index is 685. The van der Waals surface area contributed by atoms with E-state index in [1.54, 1.807) is 6.07 Å². The second-order valence-corrected chi connectivity index (χ2v) is 6.02. The van der Waals surface area contributed by atoms with Gasteiger partial charge in [-0.2, -0.15) is 5.10 Å². The summed E-state index contributed by atoms with van der Waals surface area (Å²) in [5.74, 6) is 1.19. The molecule has 0 saturated carbocycles. The van der Waals surface area contributed by atoms with Crippen LogP contribution < -0.4 is 15.2 Å². The van der Waals surface area contributed by atoms with Crippen LogP contribution in [0.15, 0.2) is 29.4 Å². The van der Waals surface area contributed by atoms with Crippen LogP contribution in [0.4, 0.5) is 0 Å². The molecule has 8 nitrogen and oxygen atoms in total. The fourth-order valence-electron chi connectivity index (χ4n) is 1.82. The lowest BCUT2D eigenvalue weighted by atomic mass is 10.2. The largest absolute Gasteiger partial charge is 0.496 e. The molecule has 9 heteroatoms. The minimum atomic E-state index is -3.59. The van der Waals surface area contributed by atoms with E-state index in [1.807, 2.05) is 0 Å².